The van der Waals surface area contributed by atoms with E-state index < -0.39 is 60.2 Å². The van der Waals surface area contributed by atoms with Gasteiger partial charge in [0.1, 0.15) is 23.9 Å². The maximum atomic E-state index is 13.4. The van der Waals surface area contributed by atoms with E-state index in [1.807, 2.05) is 18.2 Å². The van der Waals surface area contributed by atoms with Gasteiger partial charge in [0, 0.05) is 6.42 Å². The third kappa shape index (κ3) is 10.9. The quantitative estimate of drug-likeness (QED) is 0.140. The molecule has 0 radical (unpaired) electrons. The Bertz CT molecular complexity index is 1160. The Morgan fingerprint density at radius 1 is 0.800 bits per heavy atom. The number of carboxylic acids is 1. The minimum Gasteiger partial charge on any atom is -0.508 e. The summed E-state index contributed by atoms with van der Waals surface area (Å²) in [6.45, 7) is 0. The summed E-state index contributed by atoms with van der Waals surface area (Å²) < 4.78 is 0. The summed E-state index contributed by atoms with van der Waals surface area (Å²) in [5, 5.41) is 26.4. The Balaban J connectivity index is 2.23. The summed E-state index contributed by atoms with van der Waals surface area (Å²) in [4.78, 5) is 62.5. The molecule has 0 aromatic heterocycles. The number of hydrogen-bond acceptors (Lipinski definition) is 8. The highest BCUT2D eigenvalue weighted by Crippen LogP contribution is 2.12. The number of primary amides is 1. The van der Waals surface area contributed by atoms with Crippen molar-refractivity contribution < 1.29 is 34.2 Å². The number of nitrogens with one attached hydrogen (secondary N) is 3. The first-order valence-electron chi connectivity index (χ1n) is 12.5. The van der Waals surface area contributed by atoms with Crippen LogP contribution in [0.25, 0.3) is 0 Å². The van der Waals surface area contributed by atoms with Crippen LogP contribution < -0.4 is 27.4 Å². The van der Waals surface area contributed by atoms with E-state index >= 15 is 0 Å². The summed E-state index contributed by atoms with van der Waals surface area (Å²) >= 11 is 1.39. The third-order valence-corrected chi connectivity index (χ3v) is 6.55. The molecule has 0 spiro atoms. The van der Waals surface area contributed by atoms with E-state index in [1.54, 1.807) is 30.5 Å². The van der Waals surface area contributed by atoms with Crippen LogP contribution in [0.5, 0.6) is 5.75 Å². The van der Waals surface area contributed by atoms with E-state index in [1.165, 1.54) is 23.9 Å². The zero-order valence-corrected chi connectivity index (χ0v) is 22.9. The summed E-state index contributed by atoms with van der Waals surface area (Å²) in [7, 11) is 0. The van der Waals surface area contributed by atoms with Crippen LogP contribution in [0.4, 0.5) is 0 Å². The molecule has 4 atom stereocenters. The van der Waals surface area contributed by atoms with E-state index in [-0.39, 0.29) is 25.0 Å². The molecule has 2 rings (SSSR count). The summed E-state index contributed by atoms with van der Waals surface area (Å²) in [6, 6.07) is 10.1. The lowest BCUT2D eigenvalue weighted by Crippen LogP contribution is -2.58. The number of rotatable bonds is 16. The number of phenols is 1. The number of carbonyl (C=O) groups excluding carboxylic acids is 4. The fourth-order valence-electron chi connectivity index (χ4n) is 3.76. The molecule has 0 saturated heterocycles. The van der Waals surface area contributed by atoms with Crippen LogP contribution in [0.3, 0.4) is 0 Å². The molecule has 4 unspecified atom stereocenters. The molecular formula is C27H35N5O7S. The maximum absolute atomic E-state index is 13.4. The number of thioether (sulfide) groups is 1. The molecule has 9 N–H and O–H groups in total. The molecule has 0 aliphatic rings. The highest BCUT2D eigenvalue weighted by atomic mass is 32.2. The zero-order chi connectivity index (χ0) is 29.7. The first kappa shape index (κ1) is 32.1. The van der Waals surface area contributed by atoms with Gasteiger partial charge in [0.2, 0.25) is 23.6 Å². The topological polar surface area (TPSA) is 214 Å². The predicted octanol–water partition coefficient (Wildman–Crippen LogP) is -0.328. The van der Waals surface area contributed by atoms with Gasteiger partial charge in [0.25, 0.3) is 0 Å². The van der Waals surface area contributed by atoms with Crippen molar-refractivity contribution in [1.29, 1.82) is 0 Å². The standard InChI is InChI=1S/C27H35N5O7S/c1-40-12-11-20(27(38)39)30-26(37)22(15-23(29)34)32-25(36)21(14-17-7-9-18(33)10-8-17)31-24(35)19(28)13-16-5-3-2-4-6-16/h2-10,19-22,33H,11-15,28H2,1H3,(H2,29,34)(H,30,37)(H,31,35)(H,32,36)(H,38,39). The molecule has 0 fully saturated rings. The molecule has 2 aromatic carbocycles. The average Bonchev–Trinajstić information content (AvgIpc) is 2.91. The van der Waals surface area contributed by atoms with Crippen LogP contribution in [-0.4, -0.2) is 76.0 Å². The molecule has 216 valence electrons. The van der Waals surface area contributed by atoms with Crippen molar-refractivity contribution >= 4 is 41.4 Å². The number of amides is 4. The van der Waals surface area contributed by atoms with E-state index in [2.05, 4.69) is 16.0 Å². The Hall–Kier alpha value is -4.10. The molecule has 0 heterocycles. The monoisotopic (exact) mass is 573 g/mol. The van der Waals surface area contributed by atoms with Crippen LogP contribution in [0.15, 0.2) is 54.6 Å². The molecule has 0 saturated carbocycles. The average molecular weight is 574 g/mol. The first-order valence-corrected chi connectivity index (χ1v) is 13.9. The van der Waals surface area contributed by atoms with Gasteiger partial charge in [-0.3, -0.25) is 19.2 Å². The maximum Gasteiger partial charge on any atom is 0.326 e. The summed E-state index contributed by atoms with van der Waals surface area (Å²) in [5.41, 5.74) is 12.8. The van der Waals surface area contributed by atoms with Gasteiger partial charge in [-0.05, 0) is 48.1 Å². The van der Waals surface area contributed by atoms with Crippen molar-refractivity contribution in [3.05, 3.63) is 65.7 Å². The lowest BCUT2D eigenvalue weighted by atomic mass is 10.0. The van der Waals surface area contributed by atoms with Crippen molar-refractivity contribution in [2.24, 2.45) is 11.5 Å². The molecule has 0 aliphatic heterocycles. The second-order valence-corrected chi connectivity index (χ2v) is 10.1. The second-order valence-electron chi connectivity index (χ2n) is 9.14. The van der Waals surface area contributed by atoms with E-state index in [0.717, 1.165) is 5.56 Å². The Kier molecular flexibility index (Phi) is 12.9. The molecule has 0 bridgehead atoms. The Labute approximate surface area is 236 Å². The normalized spacial score (nSPS) is 13.8. The molecular weight excluding hydrogens is 538 g/mol. The lowest BCUT2D eigenvalue weighted by molar-refractivity contribution is -0.142. The number of phenolic OH excluding ortho intramolecular Hbond substituents is 1. The van der Waals surface area contributed by atoms with Crippen molar-refractivity contribution in [3.63, 3.8) is 0 Å². The van der Waals surface area contributed by atoms with Crippen molar-refractivity contribution in [2.45, 2.75) is 49.9 Å². The molecule has 12 nitrogen and oxygen atoms in total. The number of aliphatic carboxylic acids is 1. The second kappa shape index (κ2) is 16.1. The van der Waals surface area contributed by atoms with Gasteiger partial charge in [-0.1, -0.05) is 42.5 Å². The van der Waals surface area contributed by atoms with Gasteiger partial charge < -0.3 is 37.6 Å². The number of hydrogen-bond donors (Lipinski definition) is 7. The Morgan fingerprint density at radius 2 is 1.35 bits per heavy atom. The Morgan fingerprint density at radius 3 is 1.93 bits per heavy atom. The van der Waals surface area contributed by atoms with Crippen molar-refractivity contribution in [1.82, 2.24) is 16.0 Å². The van der Waals surface area contributed by atoms with E-state index in [9.17, 15) is 34.2 Å². The van der Waals surface area contributed by atoms with Gasteiger partial charge in [0.15, 0.2) is 0 Å². The minimum atomic E-state index is -1.49. The lowest BCUT2D eigenvalue weighted by Gasteiger charge is -2.25. The molecule has 13 heteroatoms. The van der Waals surface area contributed by atoms with Crippen molar-refractivity contribution in [2.75, 3.05) is 12.0 Å². The zero-order valence-electron chi connectivity index (χ0n) is 22.0. The predicted molar refractivity (Wildman–Crippen MR) is 150 cm³/mol. The molecule has 0 aliphatic carbocycles. The third-order valence-electron chi connectivity index (χ3n) is 5.91. The van der Waals surface area contributed by atoms with Crippen LogP contribution in [-0.2, 0) is 36.8 Å². The van der Waals surface area contributed by atoms with Gasteiger partial charge in [0.05, 0.1) is 12.5 Å². The smallest absolute Gasteiger partial charge is 0.326 e. The highest BCUT2D eigenvalue weighted by Gasteiger charge is 2.31. The summed E-state index contributed by atoms with van der Waals surface area (Å²) in [5.74, 6) is -4.06. The fourth-order valence-corrected chi connectivity index (χ4v) is 4.24. The number of aromatic hydroxyl groups is 1. The van der Waals surface area contributed by atoms with Gasteiger partial charge in [-0.15, -0.1) is 0 Å². The number of nitrogens with two attached hydrogens (primary N) is 2. The highest BCUT2D eigenvalue weighted by molar-refractivity contribution is 7.98. The van der Waals surface area contributed by atoms with Crippen LogP contribution in [0.1, 0.15) is 24.0 Å². The van der Waals surface area contributed by atoms with E-state index in [4.69, 9.17) is 11.5 Å². The van der Waals surface area contributed by atoms with Crippen LogP contribution in [0.2, 0.25) is 0 Å². The SMILES string of the molecule is CSCCC(NC(=O)C(CC(N)=O)NC(=O)C(Cc1ccc(O)cc1)NC(=O)C(N)Cc1ccccc1)C(=O)O. The summed E-state index contributed by atoms with van der Waals surface area (Å²) in [6.07, 6.45) is 1.48. The number of benzene rings is 2. The molecule has 2 aromatic rings. The fraction of sp³-hybridized carbons (Fsp3) is 0.370. The molecule has 4 amide bonds. The van der Waals surface area contributed by atoms with Gasteiger partial charge in [-0.25, -0.2) is 4.79 Å². The van der Waals surface area contributed by atoms with Crippen molar-refractivity contribution in [3.8, 4) is 5.75 Å². The largest absolute Gasteiger partial charge is 0.508 e. The van der Waals surface area contributed by atoms with Gasteiger partial charge >= 0.3 is 5.97 Å². The number of carbonyl (C=O) groups is 5. The van der Waals surface area contributed by atoms with Crippen LogP contribution in [0, 0.1) is 0 Å². The molecule has 40 heavy (non-hydrogen) atoms. The van der Waals surface area contributed by atoms with Crippen LogP contribution >= 0.6 is 11.8 Å². The van der Waals surface area contributed by atoms with E-state index in [0.29, 0.717) is 11.3 Å². The minimum absolute atomic E-state index is 0.00585. The first-order chi connectivity index (χ1) is 19.0. The number of carboxylic acid groups (broad SMARTS) is 1. The van der Waals surface area contributed by atoms with Gasteiger partial charge in [-0.2, -0.15) is 11.8 Å².